The van der Waals surface area contributed by atoms with Crippen LogP contribution in [0.2, 0.25) is 0 Å². The van der Waals surface area contributed by atoms with Gasteiger partial charge in [-0.05, 0) is 48.0 Å². The van der Waals surface area contributed by atoms with Crippen molar-refractivity contribution in [1.29, 1.82) is 0 Å². The second-order valence-corrected chi connectivity index (χ2v) is 6.25. The average Bonchev–Trinajstić information content (AvgIpc) is 3.14. The number of nitrogens with one attached hydrogen (secondary N) is 1. The lowest BCUT2D eigenvalue weighted by Gasteiger charge is -2.18. The van der Waals surface area contributed by atoms with E-state index in [1.54, 1.807) is 0 Å². The monoisotopic (exact) mass is 339 g/mol. The zero-order chi connectivity index (χ0) is 17.3. The molecule has 0 fully saturated rings. The van der Waals surface area contributed by atoms with Crippen LogP contribution in [-0.4, -0.2) is 9.78 Å². The Morgan fingerprint density at radius 3 is 2.38 bits per heavy atom. The third kappa shape index (κ3) is 2.62. The van der Waals surface area contributed by atoms with Crippen molar-refractivity contribution < 1.29 is 4.74 Å². The van der Waals surface area contributed by atoms with E-state index in [2.05, 4.69) is 29.6 Å². The second-order valence-electron chi connectivity index (χ2n) is 6.25. The summed E-state index contributed by atoms with van der Waals surface area (Å²) in [6.45, 7) is 0.825. The fourth-order valence-electron chi connectivity index (χ4n) is 3.20. The standard InChI is InChI=1S/C22H17N3O/c1-2-7-18(8-3-1)26-19-12-10-16(11-13-19)20-14-22-23-15-17-6-4-5-9-21(17)25(22)24-20/h1-14,23H,15H2. The van der Waals surface area contributed by atoms with E-state index in [-0.39, 0.29) is 0 Å². The van der Waals surface area contributed by atoms with Crippen LogP contribution in [0.5, 0.6) is 11.5 Å². The van der Waals surface area contributed by atoms with E-state index < -0.39 is 0 Å². The van der Waals surface area contributed by atoms with Crippen molar-refractivity contribution >= 4 is 5.82 Å². The van der Waals surface area contributed by atoms with E-state index in [0.717, 1.165) is 40.8 Å². The summed E-state index contributed by atoms with van der Waals surface area (Å²) in [7, 11) is 0. The van der Waals surface area contributed by atoms with E-state index >= 15 is 0 Å². The van der Waals surface area contributed by atoms with Crippen molar-refractivity contribution in [2.75, 3.05) is 5.32 Å². The number of ether oxygens (including phenoxy) is 1. The van der Waals surface area contributed by atoms with Gasteiger partial charge in [0, 0.05) is 18.2 Å². The molecule has 0 amide bonds. The number of aromatic nitrogens is 2. The van der Waals surface area contributed by atoms with Crippen LogP contribution in [0.25, 0.3) is 16.9 Å². The van der Waals surface area contributed by atoms with Crippen LogP contribution >= 0.6 is 0 Å². The van der Waals surface area contributed by atoms with E-state index in [1.165, 1.54) is 5.56 Å². The zero-order valence-corrected chi connectivity index (χ0v) is 14.1. The second kappa shape index (κ2) is 6.08. The largest absolute Gasteiger partial charge is 0.457 e. The first-order valence-corrected chi connectivity index (χ1v) is 8.62. The topological polar surface area (TPSA) is 39.1 Å². The molecule has 2 heterocycles. The maximum Gasteiger partial charge on any atom is 0.130 e. The number of fused-ring (bicyclic) bond motifs is 3. The van der Waals surface area contributed by atoms with Crippen LogP contribution in [0, 0.1) is 0 Å². The van der Waals surface area contributed by atoms with Gasteiger partial charge < -0.3 is 10.1 Å². The summed E-state index contributed by atoms with van der Waals surface area (Å²) in [5.41, 5.74) is 4.39. The molecular weight excluding hydrogens is 322 g/mol. The van der Waals surface area contributed by atoms with Gasteiger partial charge in [-0.15, -0.1) is 0 Å². The summed E-state index contributed by atoms with van der Waals surface area (Å²) >= 11 is 0. The summed E-state index contributed by atoms with van der Waals surface area (Å²) in [5, 5.41) is 8.22. The number of hydrogen-bond acceptors (Lipinski definition) is 3. The zero-order valence-electron chi connectivity index (χ0n) is 14.1. The predicted octanol–water partition coefficient (Wildman–Crippen LogP) is 5.26. The number of nitrogens with zero attached hydrogens (tertiary/aromatic N) is 2. The molecule has 126 valence electrons. The van der Waals surface area contributed by atoms with E-state index in [1.807, 2.05) is 65.3 Å². The Morgan fingerprint density at radius 2 is 1.54 bits per heavy atom. The molecule has 4 aromatic rings. The van der Waals surface area contributed by atoms with Gasteiger partial charge in [0.15, 0.2) is 0 Å². The Hall–Kier alpha value is -3.53. The number of benzene rings is 3. The highest BCUT2D eigenvalue weighted by Crippen LogP contribution is 2.31. The fourth-order valence-corrected chi connectivity index (χ4v) is 3.20. The molecule has 1 aromatic heterocycles. The van der Waals surface area contributed by atoms with Crippen molar-refractivity contribution in [3.05, 3.63) is 90.5 Å². The lowest BCUT2D eigenvalue weighted by atomic mass is 10.1. The molecule has 0 unspecified atom stereocenters. The van der Waals surface area contributed by atoms with Crippen molar-refractivity contribution in [2.24, 2.45) is 0 Å². The lowest BCUT2D eigenvalue weighted by molar-refractivity contribution is 0.483. The summed E-state index contributed by atoms with van der Waals surface area (Å²) in [4.78, 5) is 0. The molecule has 0 saturated heterocycles. The van der Waals surface area contributed by atoms with E-state index in [4.69, 9.17) is 9.84 Å². The quantitative estimate of drug-likeness (QED) is 0.553. The Morgan fingerprint density at radius 1 is 0.808 bits per heavy atom. The van der Waals surface area contributed by atoms with Crippen molar-refractivity contribution in [2.45, 2.75) is 6.54 Å². The molecule has 0 saturated carbocycles. The van der Waals surface area contributed by atoms with Crippen molar-refractivity contribution in [1.82, 2.24) is 9.78 Å². The molecular formula is C22H17N3O. The molecule has 1 aliphatic heterocycles. The molecule has 4 nitrogen and oxygen atoms in total. The Bertz CT molecular complexity index is 1050. The Labute approximate surface area is 151 Å². The van der Waals surface area contributed by atoms with Crippen LogP contribution in [0.4, 0.5) is 5.82 Å². The molecule has 5 rings (SSSR count). The molecule has 1 N–H and O–H groups in total. The highest BCUT2D eigenvalue weighted by molar-refractivity contribution is 5.67. The van der Waals surface area contributed by atoms with Crippen LogP contribution in [0.15, 0.2) is 84.9 Å². The Kier molecular flexibility index (Phi) is 3.46. The highest BCUT2D eigenvalue weighted by Gasteiger charge is 2.17. The third-order valence-corrected chi connectivity index (χ3v) is 4.52. The van der Waals surface area contributed by atoms with Crippen LogP contribution in [0.3, 0.4) is 0 Å². The minimum Gasteiger partial charge on any atom is -0.457 e. The lowest BCUT2D eigenvalue weighted by Crippen LogP contribution is -2.15. The predicted molar refractivity (Wildman–Crippen MR) is 103 cm³/mol. The molecule has 0 radical (unpaired) electrons. The molecule has 0 atom stereocenters. The maximum atomic E-state index is 5.86. The first-order chi connectivity index (χ1) is 12.9. The number of rotatable bonds is 3. The van der Waals surface area contributed by atoms with Crippen molar-refractivity contribution in [3.8, 4) is 28.4 Å². The Balaban J connectivity index is 1.44. The van der Waals surface area contributed by atoms with Gasteiger partial charge in [0.2, 0.25) is 0 Å². The number of hydrogen-bond donors (Lipinski definition) is 1. The van der Waals surface area contributed by atoms with Crippen molar-refractivity contribution in [3.63, 3.8) is 0 Å². The van der Waals surface area contributed by atoms with Gasteiger partial charge >= 0.3 is 0 Å². The van der Waals surface area contributed by atoms with Gasteiger partial charge in [0.05, 0.1) is 11.4 Å². The summed E-state index contributed by atoms with van der Waals surface area (Å²) in [6.07, 6.45) is 0. The molecule has 4 heteroatoms. The minimum absolute atomic E-state index is 0.812. The molecule has 0 spiro atoms. The van der Waals surface area contributed by atoms with Crippen LogP contribution in [0.1, 0.15) is 5.56 Å². The summed E-state index contributed by atoms with van der Waals surface area (Å²) in [6, 6.07) is 28.2. The van der Waals surface area contributed by atoms with E-state index in [9.17, 15) is 0 Å². The van der Waals surface area contributed by atoms with E-state index in [0.29, 0.717) is 0 Å². The van der Waals surface area contributed by atoms with Gasteiger partial charge in [0.25, 0.3) is 0 Å². The molecule has 3 aromatic carbocycles. The number of para-hydroxylation sites is 2. The van der Waals surface area contributed by atoms with Gasteiger partial charge in [-0.3, -0.25) is 0 Å². The average molecular weight is 339 g/mol. The van der Waals surface area contributed by atoms with Crippen LogP contribution in [-0.2, 0) is 6.54 Å². The van der Waals surface area contributed by atoms with Crippen LogP contribution < -0.4 is 10.1 Å². The summed E-state index contributed by atoms with van der Waals surface area (Å²) in [5.74, 6) is 2.66. The molecule has 0 bridgehead atoms. The molecule has 0 aliphatic carbocycles. The molecule has 26 heavy (non-hydrogen) atoms. The highest BCUT2D eigenvalue weighted by atomic mass is 16.5. The number of anilines is 1. The van der Waals surface area contributed by atoms with Gasteiger partial charge in [-0.1, -0.05) is 36.4 Å². The van der Waals surface area contributed by atoms with Gasteiger partial charge in [-0.2, -0.15) is 5.10 Å². The third-order valence-electron chi connectivity index (χ3n) is 4.52. The smallest absolute Gasteiger partial charge is 0.130 e. The first kappa shape index (κ1) is 14.8. The SMILES string of the molecule is c1ccc(Oc2ccc(-c3cc4n(n3)-c3ccccc3CN4)cc2)cc1. The minimum atomic E-state index is 0.812. The fraction of sp³-hybridized carbons (Fsp3) is 0.0455. The maximum absolute atomic E-state index is 5.86. The molecule has 1 aliphatic rings. The summed E-state index contributed by atoms with van der Waals surface area (Å²) < 4.78 is 7.83. The van der Waals surface area contributed by atoms with Gasteiger partial charge in [0.1, 0.15) is 17.3 Å². The normalized spacial score (nSPS) is 12.0. The first-order valence-electron chi connectivity index (χ1n) is 8.62. The van der Waals surface area contributed by atoms with Gasteiger partial charge in [-0.25, -0.2) is 4.68 Å².